The van der Waals surface area contributed by atoms with Gasteiger partial charge in [0, 0.05) is 25.0 Å². The molecule has 0 aliphatic carbocycles. The number of hydrogen-bond donors (Lipinski definition) is 2. The molecule has 0 spiro atoms. The van der Waals surface area contributed by atoms with E-state index in [4.69, 9.17) is 16.2 Å². The lowest BCUT2D eigenvalue weighted by molar-refractivity contribution is 0.471. The number of rotatable bonds is 1. The molecule has 0 saturated heterocycles. The molecule has 6 nitrogen and oxygen atoms in total. The molecule has 2 aromatic rings. The van der Waals surface area contributed by atoms with Crippen LogP contribution in [-0.2, 0) is 0 Å². The highest BCUT2D eigenvalue weighted by Crippen LogP contribution is 2.36. The lowest BCUT2D eigenvalue weighted by Crippen LogP contribution is -2.13. The molecule has 0 unspecified atom stereocenters. The lowest BCUT2D eigenvalue weighted by Gasteiger charge is -2.22. The van der Waals surface area contributed by atoms with Crippen molar-refractivity contribution < 1.29 is 4.74 Å². The average Bonchev–Trinajstić information content (AvgIpc) is 2.39. The van der Waals surface area contributed by atoms with Crippen LogP contribution in [0.4, 0.5) is 17.5 Å². The molecule has 3 rings (SSSR count). The third-order valence-electron chi connectivity index (χ3n) is 2.97. The van der Waals surface area contributed by atoms with Gasteiger partial charge in [-0.3, -0.25) is 0 Å². The van der Waals surface area contributed by atoms with Crippen LogP contribution in [0.15, 0.2) is 36.9 Å². The SMILES string of the molecule is CN1C=COc2ccc(-c3cnc(N)nc3N)cc21. The molecule has 0 radical (unpaired) electrons. The molecule has 6 heteroatoms. The molecular formula is C13H13N5O. The first-order valence-electron chi connectivity index (χ1n) is 5.74. The van der Waals surface area contributed by atoms with Gasteiger partial charge in [-0.2, -0.15) is 4.98 Å². The Labute approximate surface area is 110 Å². The van der Waals surface area contributed by atoms with Gasteiger partial charge in [0.05, 0.1) is 5.69 Å². The van der Waals surface area contributed by atoms with Crippen molar-refractivity contribution in [2.24, 2.45) is 0 Å². The van der Waals surface area contributed by atoms with Crippen molar-refractivity contribution in [3.05, 3.63) is 36.9 Å². The van der Waals surface area contributed by atoms with Crippen LogP contribution < -0.4 is 21.1 Å². The van der Waals surface area contributed by atoms with Crippen LogP contribution >= 0.6 is 0 Å². The molecule has 1 aliphatic heterocycles. The summed E-state index contributed by atoms with van der Waals surface area (Å²) in [4.78, 5) is 9.91. The quantitative estimate of drug-likeness (QED) is 0.804. The van der Waals surface area contributed by atoms with Gasteiger partial charge in [0.15, 0.2) is 0 Å². The molecule has 0 atom stereocenters. The second-order valence-electron chi connectivity index (χ2n) is 4.22. The number of nitrogens with two attached hydrogens (primary N) is 2. The molecule has 4 N–H and O–H groups in total. The Hall–Kier alpha value is -2.76. The molecule has 0 bridgehead atoms. The van der Waals surface area contributed by atoms with Crippen molar-refractivity contribution in [3.63, 3.8) is 0 Å². The summed E-state index contributed by atoms with van der Waals surface area (Å²) >= 11 is 0. The Bertz CT molecular complexity index is 668. The Morgan fingerprint density at radius 2 is 2.11 bits per heavy atom. The van der Waals surface area contributed by atoms with E-state index < -0.39 is 0 Å². The third-order valence-corrected chi connectivity index (χ3v) is 2.97. The zero-order chi connectivity index (χ0) is 13.4. The Kier molecular flexibility index (Phi) is 2.49. The van der Waals surface area contributed by atoms with E-state index in [1.807, 2.05) is 36.3 Å². The molecule has 19 heavy (non-hydrogen) atoms. The molecule has 96 valence electrons. The highest BCUT2D eigenvalue weighted by Gasteiger charge is 2.14. The van der Waals surface area contributed by atoms with Crippen molar-refractivity contribution in [2.45, 2.75) is 0 Å². The minimum Gasteiger partial charge on any atom is -0.461 e. The van der Waals surface area contributed by atoms with Gasteiger partial charge in [0.25, 0.3) is 0 Å². The zero-order valence-electron chi connectivity index (χ0n) is 10.4. The molecule has 1 aromatic carbocycles. The number of fused-ring (bicyclic) bond motifs is 1. The molecule has 1 aromatic heterocycles. The van der Waals surface area contributed by atoms with Gasteiger partial charge in [-0.25, -0.2) is 4.98 Å². The van der Waals surface area contributed by atoms with Crippen LogP contribution in [0.3, 0.4) is 0 Å². The average molecular weight is 255 g/mol. The van der Waals surface area contributed by atoms with Gasteiger partial charge in [0.1, 0.15) is 17.8 Å². The van der Waals surface area contributed by atoms with Crippen molar-refractivity contribution in [1.82, 2.24) is 9.97 Å². The first-order valence-corrected chi connectivity index (χ1v) is 5.74. The predicted molar refractivity (Wildman–Crippen MR) is 74.5 cm³/mol. The standard InChI is InChI=1S/C13H13N5O/c1-18-4-5-19-11-3-2-8(6-10(11)18)9-7-16-13(15)17-12(9)14/h2-7H,1H3,(H4,14,15,16,17). The highest BCUT2D eigenvalue weighted by molar-refractivity contribution is 5.79. The summed E-state index contributed by atoms with van der Waals surface area (Å²) in [7, 11) is 1.95. The Morgan fingerprint density at radius 1 is 1.26 bits per heavy atom. The largest absolute Gasteiger partial charge is 0.461 e. The first kappa shape index (κ1) is 11.3. The number of anilines is 3. The number of benzene rings is 1. The van der Waals surface area contributed by atoms with Crippen molar-refractivity contribution in [3.8, 4) is 16.9 Å². The van der Waals surface area contributed by atoms with E-state index in [1.165, 1.54) is 0 Å². The van der Waals surface area contributed by atoms with E-state index in [-0.39, 0.29) is 5.95 Å². The van der Waals surface area contributed by atoms with E-state index >= 15 is 0 Å². The molecule has 1 aliphatic rings. The van der Waals surface area contributed by atoms with Gasteiger partial charge in [0.2, 0.25) is 5.95 Å². The first-order chi connectivity index (χ1) is 9.15. The van der Waals surface area contributed by atoms with Crippen LogP contribution in [0.2, 0.25) is 0 Å². The topological polar surface area (TPSA) is 90.3 Å². The number of nitrogens with zero attached hydrogens (tertiary/aromatic N) is 3. The maximum Gasteiger partial charge on any atom is 0.221 e. The summed E-state index contributed by atoms with van der Waals surface area (Å²) in [6, 6.07) is 5.78. The summed E-state index contributed by atoms with van der Waals surface area (Å²) in [5.41, 5.74) is 14.0. The third kappa shape index (κ3) is 1.93. The maximum atomic E-state index is 5.87. The van der Waals surface area contributed by atoms with Crippen molar-refractivity contribution in [1.29, 1.82) is 0 Å². The molecule has 0 fully saturated rings. The maximum absolute atomic E-state index is 5.87. The number of aromatic nitrogens is 2. The smallest absolute Gasteiger partial charge is 0.221 e. The molecular weight excluding hydrogens is 242 g/mol. The van der Waals surface area contributed by atoms with Crippen LogP contribution in [0.1, 0.15) is 0 Å². The number of hydrogen-bond acceptors (Lipinski definition) is 6. The van der Waals surface area contributed by atoms with Crippen LogP contribution in [-0.4, -0.2) is 17.0 Å². The predicted octanol–water partition coefficient (Wildman–Crippen LogP) is 1.61. The van der Waals surface area contributed by atoms with E-state index in [0.29, 0.717) is 5.82 Å². The molecule has 0 amide bonds. The van der Waals surface area contributed by atoms with Crippen LogP contribution in [0, 0.1) is 0 Å². The second kappa shape index (κ2) is 4.16. The monoisotopic (exact) mass is 255 g/mol. The van der Waals surface area contributed by atoms with Crippen molar-refractivity contribution >= 4 is 17.5 Å². The summed E-state index contributed by atoms with van der Waals surface area (Å²) in [6.07, 6.45) is 5.11. The van der Waals surface area contributed by atoms with Gasteiger partial charge in [-0.1, -0.05) is 6.07 Å². The Morgan fingerprint density at radius 3 is 2.89 bits per heavy atom. The van der Waals surface area contributed by atoms with E-state index in [9.17, 15) is 0 Å². The minimum atomic E-state index is 0.169. The van der Waals surface area contributed by atoms with E-state index in [1.54, 1.807) is 12.5 Å². The van der Waals surface area contributed by atoms with Crippen LogP contribution in [0.5, 0.6) is 5.75 Å². The normalized spacial score (nSPS) is 13.0. The summed E-state index contributed by atoms with van der Waals surface area (Å²) in [5.74, 6) is 1.33. The van der Waals surface area contributed by atoms with Gasteiger partial charge in [-0.15, -0.1) is 0 Å². The summed E-state index contributed by atoms with van der Waals surface area (Å²) in [5, 5.41) is 0. The highest BCUT2D eigenvalue weighted by atomic mass is 16.5. The summed E-state index contributed by atoms with van der Waals surface area (Å²) < 4.78 is 5.43. The Balaban J connectivity index is 2.10. The van der Waals surface area contributed by atoms with E-state index in [2.05, 4.69) is 9.97 Å². The van der Waals surface area contributed by atoms with Crippen molar-refractivity contribution in [2.75, 3.05) is 23.4 Å². The molecule has 0 saturated carbocycles. The lowest BCUT2D eigenvalue weighted by atomic mass is 10.1. The fourth-order valence-electron chi connectivity index (χ4n) is 1.97. The van der Waals surface area contributed by atoms with Gasteiger partial charge in [-0.05, 0) is 17.7 Å². The van der Waals surface area contributed by atoms with Gasteiger partial charge >= 0.3 is 0 Å². The molecule has 2 heterocycles. The van der Waals surface area contributed by atoms with Gasteiger partial charge < -0.3 is 21.1 Å². The number of ether oxygens (including phenoxy) is 1. The second-order valence-corrected chi connectivity index (χ2v) is 4.22. The summed E-state index contributed by atoms with van der Waals surface area (Å²) in [6.45, 7) is 0. The fraction of sp³-hybridized carbons (Fsp3) is 0.0769. The number of nitrogen functional groups attached to an aromatic ring is 2. The fourth-order valence-corrected chi connectivity index (χ4v) is 1.97. The minimum absolute atomic E-state index is 0.169. The van der Waals surface area contributed by atoms with Crippen LogP contribution in [0.25, 0.3) is 11.1 Å². The van der Waals surface area contributed by atoms with E-state index in [0.717, 1.165) is 22.6 Å². The zero-order valence-corrected chi connectivity index (χ0v) is 10.4.